The van der Waals surface area contributed by atoms with Gasteiger partial charge < -0.3 is 15.8 Å². The standard InChI is InChI=1S/C14H21FN2O/c1-10-4-5-11(15)7-13(10)14(8-16)17-9-12-3-2-6-18-12/h4-5,7,12,14,17H,2-3,6,8-9,16H2,1H3. The zero-order valence-corrected chi connectivity index (χ0v) is 10.8. The maximum absolute atomic E-state index is 13.3. The van der Waals surface area contributed by atoms with Crippen LogP contribution in [0.3, 0.4) is 0 Å². The highest BCUT2D eigenvalue weighted by atomic mass is 19.1. The molecule has 1 aliphatic rings. The second-order valence-corrected chi connectivity index (χ2v) is 4.83. The summed E-state index contributed by atoms with van der Waals surface area (Å²) in [5.74, 6) is -0.215. The lowest BCUT2D eigenvalue weighted by Crippen LogP contribution is -2.34. The molecule has 0 aromatic heterocycles. The van der Waals surface area contributed by atoms with Gasteiger partial charge in [0.15, 0.2) is 0 Å². The highest BCUT2D eigenvalue weighted by molar-refractivity contribution is 5.29. The van der Waals surface area contributed by atoms with Gasteiger partial charge in [-0.3, -0.25) is 0 Å². The molecule has 3 nitrogen and oxygen atoms in total. The zero-order valence-electron chi connectivity index (χ0n) is 10.8. The van der Waals surface area contributed by atoms with Crippen LogP contribution in [0, 0.1) is 12.7 Å². The minimum Gasteiger partial charge on any atom is -0.377 e. The van der Waals surface area contributed by atoms with Crippen molar-refractivity contribution in [3.63, 3.8) is 0 Å². The van der Waals surface area contributed by atoms with Crippen molar-refractivity contribution in [2.45, 2.75) is 31.9 Å². The average molecular weight is 252 g/mol. The minimum atomic E-state index is -0.215. The quantitative estimate of drug-likeness (QED) is 0.841. The van der Waals surface area contributed by atoms with Crippen LogP contribution in [0.2, 0.25) is 0 Å². The molecular weight excluding hydrogens is 231 g/mol. The molecule has 1 aromatic rings. The lowest BCUT2D eigenvalue weighted by atomic mass is 10.0. The molecule has 0 spiro atoms. The summed E-state index contributed by atoms with van der Waals surface area (Å²) in [6, 6.07) is 4.83. The van der Waals surface area contributed by atoms with E-state index in [1.807, 2.05) is 6.92 Å². The molecule has 18 heavy (non-hydrogen) atoms. The molecule has 0 amide bonds. The third-order valence-electron chi connectivity index (χ3n) is 3.47. The van der Waals surface area contributed by atoms with Crippen LogP contribution in [0.5, 0.6) is 0 Å². The Kier molecular flexibility index (Phi) is 4.69. The van der Waals surface area contributed by atoms with Gasteiger partial charge in [0.25, 0.3) is 0 Å². The summed E-state index contributed by atoms with van der Waals surface area (Å²) in [6.45, 7) is 4.05. The lowest BCUT2D eigenvalue weighted by molar-refractivity contribution is 0.107. The number of ether oxygens (including phenoxy) is 1. The fourth-order valence-electron chi connectivity index (χ4n) is 2.39. The molecule has 2 unspecified atom stereocenters. The number of benzene rings is 1. The Bertz CT molecular complexity index is 391. The molecular formula is C14H21FN2O. The van der Waals surface area contributed by atoms with Crippen molar-refractivity contribution >= 4 is 0 Å². The lowest BCUT2D eigenvalue weighted by Gasteiger charge is -2.21. The molecule has 2 rings (SSSR count). The van der Waals surface area contributed by atoms with E-state index in [1.165, 1.54) is 6.07 Å². The summed E-state index contributed by atoms with van der Waals surface area (Å²) in [5.41, 5.74) is 7.78. The van der Waals surface area contributed by atoms with Crippen molar-refractivity contribution in [1.29, 1.82) is 0 Å². The SMILES string of the molecule is Cc1ccc(F)cc1C(CN)NCC1CCCO1. The van der Waals surface area contributed by atoms with Gasteiger partial charge in [-0.1, -0.05) is 6.07 Å². The minimum absolute atomic E-state index is 0.00935. The van der Waals surface area contributed by atoms with Crippen molar-refractivity contribution in [3.8, 4) is 0 Å². The fraction of sp³-hybridized carbons (Fsp3) is 0.571. The van der Waals surface area contributed by atoms with E-state index < -0.39 is 0 Å². The Balaban J connectivity index is 2.00. The van der Waals surface area contributed by atoms with Gasteiger partial charge in [-0.2, -0.15) is 0 Å². The highest BCUT2D eigenvalue weighted by Gasteiger charge is 2.18. The topological polar surface area (TPSA) is 47.3 Å². The van der Waals surface area contributed by atoms with Gasteiger partial charge in [0.1, 0.15) is 5.82 Å². The Morgan fingerprint density at radius 1 is 1.56 bits per heavy atom. The van der Waals surface area contributed by atoms with Crippen molar-refractivity contribution in [2.24, 2.45) is 5.73 Å². The first-order chi connectivity index (χ1) is 8.70. The number of aryl methyl sites for hydroxylation is 1. The van der Waals surface area contributed by atoms with Crippen LogP contribution in [-0.4, -0.2) is 25.8 Å². The van der Waals surface area contributed by atoms with Crippen LogP contribution in [0.15, 0.2) is 18.2 Å². The average Bonchev–Trinajstić information content (AvgIpc) is 2.87. The normalized spacial score (nSPS) is 21.2. The molecule has 1 saturated heterocycles. The molecule has 100 valence electrons. The second-order valence-electron chi connectivity index (χ2n) is 4.83. The van der Waals surface area contributed by atoms with E-state index in [0.717, 1.165) is 37.1 Å². The van der Waals surface area contributed by atoms with Crippen LogP contribution in [-0.2, 0) is 4.74 Å². The molecule has 3 N–H and O–H groups in total. The largest absolute Gasteiger partial charge is 0.377 e. The Morgan fingerprint density at radius 3 is 3.06 bits per heavy atom. The van der Waals surface area contributed by atoms with Crippen LogP contribution >= 0.6 is 0 Å². The van der Waals surface area contributed by atoms with E-state index in [-0.39, 0.29) is 18.0 Å². The summed E-state index contributed by atoms with van der Waals surface area (Å²) in [6.07, 6.45) is 2.48. The summed E-state index contributed by atoms with van der Waals surface area (Å²) in [7, 11) is 0. The van der Waals surface area contributed by atoms with E-state index in [0.29, 0.717) is 6.54 Å². The van der Waals surface area contributed by atoms with Gasteiger partial charge in [0.05, 0.1) is 6.10 Å². The van der Waals surface area contributed by atoms with Gasteiger partial charge in [-0.15, -0.1) is 0 Å². The van der Waals surface area contributed by atoms with E-state index in [1.54, 1.807) is 12.1 Å². The monoisotopic (exact) mass is 252 g/mol. The number of nitrogens with one attached hydrogen (secondary N) is 1. The third-order valence-corrected chi connectivity index (χ3v) is 3.47. The summed E-state index contributed by atoms with van der Waals surface area (Å²) >= 11 is 0. The maximum Gasteiger partial charge on any atom is 0.123 e. The molecule has 1 heterocycles. The van der Waals surface area contributed by atoms with E-state index in [2.05, 4.69) is 5.32 Å². The third kappa shape index (κ3) is 3.28. The van der Waals surface area contributed by atoms with Crippen molar-refractivity contribution in [2.75, 3.05) is 19.7 Å². The van der Waals surface area contributed by atoms with Gasteiger partial charge in [-0.05, 0) is 43.0 Å². The molecule has 0 aliphatic carbocycles. The van der Waals surface area contributed by atoms with Crippen molar-refractivity contribution < 1.29 is 9.13 Å². The fourth-order valence-corrected chi connectivity index (χ4v) is 2.39. The number of nitrogens with two attached hydrogens (primary N) is 1. The molecule has 0 saturated carbocycles. The number of hydrogen-bond acceptors (Lipinski definition) is 3. The van der Waals surface area contributed by atoms with Gasteiger partial charge in [0.2, 0.25) is 0 Å². The van der Waals surface area contributed by atoms with Crippen LogP contribution in [0.4, 0.5) is 4.39 Å². The number of hydrogen-bond donors (Lipinski definition) is 2. The van der Waals surface area contributed by atoms with Gasteiger partial charge >= 0.3 is 0 Å². The summed E-state index contributed by atoms with van der Waals surface area (Å²) in [4.78, 5) is 0. The Hall–Kier alpha value is -0.970. The second kappa shape index (κ2) is 6.27. The highest BCUT2D eigenvalue weighted by Crippen LogP contribution is 2.19. The van der Waals surface area contributed by atoms with Gasteiger partial charge in [-0.25, -0.2) is 4.39 Å². The molecule has 0 bridgehead atoms. The van der Waals surface area contributed by atoms with Gasteiger partial charge in [0, 0.05) is 25.7 Å². The Labute approximate surface area is 108 Å². The smallest absolute Gasteiger partial charge is 0.123 e. The van der Waals surface area contributed by atoms with Crippen LogP contribution in [0.25, 0.3) is 0 Å². The Morgan fingerprint density at radius 2 is 2.39 bits per heavy atom. The number of rotatable bonds is 5. The zero-order chi connectivity index (χ0) is 13.0. The predicted octanol–water partition coefficient (Wildman–Crippen LogP) is 1.90. The molecule has 4 heteroatoms. The molecule has 1 aliphatic heterocycles. The maximum atomic E-state index is 13.3. The first-order valence-electron chi connectivity index (χ1n) is 6.52. The van der Waals surface area contributed by atoms with E-state index in [9.17, 15) is 4.39 Å². The molecule has 2 atom stereocenters. The van der Waals surface area contributed by atoms with Crippen LogP contribution in [0.1, 0.15) is 30.0 Å². The van der Waals surface area contributed by atoms with E-state index >= 15 is 0 Å². The van der Waals surface area contributed by atoms with Crippen molar-refractivity contribution in [3.05, 3.63) is 35.1 Å². The number of halogens is 1. The first kappa shape index (κ1) is 13.5. The predicted molar refractivity (Wildman–Crippen MR) is 69.9 cm³/mol. The summed E-state index contributed by atoms with van der Waals surface area (Å²) in [5, 5.41) is 3.38. The first-order valence-corrected chi connectivity index (χ1v) is 6.52. The van der Waals surface area contributed by atoms with Crippen LogP contribution < -0.4 is 11.1 Å². The molecule has 1 fully saturated rings. The molecule has 1 aromatic carbocycles. The van der Waals surface area contributed by atoms with Crippen molar-refractivity contribution in [1.82, 2.24) is 5.32 Å². The molecule has 0 radical (unpaired) electrons. The summed E-state index contributed by atoms with van der Waals surface area (Å²) < 4.78 is 18.9. The van der Waals surface area contributed by atoms with E-state index in [4.69, 9.17) is 10.5 Å².